The van der Waals surface area contributed by atoms with E-state index < -0.39 is 0 Å². The standard InChI is InChI=1S/C9H19NOSi.2C7H15NO/c1-6-8(2,3)7(10-11)9(4,5)12;2*1-5(2)7(8-9)6(3)4/h6,11H,1H2,2-5,12H3;2*5-6,9H,1-4H3. The molecular weight excluding hydrogens is 394 g/mol. The van der Waals surface area contributed by atoms with Gasteiger partial charge in [0.15, 0.2) is 0 Å². The number of hydrogen-bond acceptors (Lipinski definition) is 6. The number of rotatable bonds is 7. The molecule has 0 bridgehead atoms. The maximum Gasteiger partial charge on any atom is 0.0683 e. The maximum absolute atomic E-state index is 8.89. The fourth-order valence-electron chi connectivity index (χ4n) is 3.14. The molecule has 3 N–H and O–H groups in total. The Kier molecular flexibility index (Phi) is 16.7. The van der Waals surface area contributed by atoms with Crippen molar-refractivity contribution in [3.05, 3.63) is 12.7 Å². The molecule has 0 amide bonds. The zero-order chi connectivity index (χ0) is 24.9. The molecule has 30 heavy (non-hydrogen) atoms. The van der Waals surface area contributed by atoms with Crippen LogP contribution in [0.25, 0.3) is 0 Å². The molecule has 0 radical (unpaired) electrons. The molecule has 7 heteroatoms. The Morgan fingerprint density at radius 3 is 1.00 bits per heavy atom. The van der Waals surface area contributed by atoms with Gasteiger partial charge in [-0.2, -0.15) is 0 Å². The summed E-state index contributed by atoms with van der Waals surface area (Å²) in [5.41, 5.74) is 2.35. The molecule has 0 saturated carbocycles. The minimum Gasteiger partial charge on any atom is -0.411 e. The average Bonchev–Trinajstić information content (AvgIpc) is 2.54. The van der Waals surface area contributed by atoms with E-state index in [1.54, 1.807) is 0 Å². The Balaban J connectivity index is -0.000000371. The van der Waals surface area contributed by atoms with Gasteiger partial charge in [-0.1, -0.05) is 105 Å². The van der Waals surface area contributed by atoms with Gasteiger partial charge in [-0.05, 0) is 28.7 Å². The molecule has 0 fully saturated rings. The van der Waals surface area contributed by atoms with Gasteiger partial charge in [-0.25, -0.2) is 0 Å². The van der Waals surface area contributed by atoms with Crippen molar-refractivity contribution >= 4 is 27.4 Å². The van der Waals surface area contributed by atoms with E-state index in [-0.39, 0.29) is 10.5 Å². The second-order valence-corrected chi connectivity index (χ2v) is 12.8. The predicted octanol–water partition coefficient (Wildman–Crippen LogP) is 5.85. The van der Waals surface area contributed by atoms with Crippen molar-refractivity contribution in [3.63, 3.8) is 0 Å². The van der Waals surface area contributed by atoms with Gasteiger partial charge in [0.2, 0.25) is 0 Å². The molecule has 0 unspecified atom stereocenters. The van der Waals surface area contributed by atoms with Crippen LogP contribution in [0, 0.1) is 29.1 Å². The fraction of sp³-hybridized carbons (Fsp3) is 0.783. The number of hydrogen-bond donors (Lipinski definition) is 3. The Morgan fingerprint density at radius 1 is 0.700 bits per heavy atom. The lowest BCUT2D eigenvalue weighted by Crippen LogP contribution is -2.31. The SMILES string of the molecule is C=CC(C)(C)C(=NO)C(C)(C)[SiH3].CC(C)C(=NO)C(C)C.CC(C)C(=NO)C(C)C. The molecule has 0 aromatic carbocycles. The van der Waals surface area contributed by atoms with Crippen LogP contribution in [0.5, 0.6) is 0 Å². The molecule has 0 spiro atoms. The summed E-state index contributed by atoms with van der Waals surface area (Å²) in [6.07, 6.45) is 1.82. The average molecular weight is 444 g/mol. The van der Waals surface area contributed by atoms with Crippen LogP contribution in [0.4, 0.5) is 0 Å². The maximum atomic E-state index is 8.89. The van der Waals surface area contributed by atoms with E-state index in [4.69, 9.17) is 15.6 Å². The Hall–Kier alpha value is -1.63. The van der Waals surface area contributed by atoms with Crippen LogP contribution in [0.3, 0.4) is 0 Å². The largest absolute Gasteiger partial charge is 0.411 e. The lowest BCUT2D eigenvalue weighted by Gasteiger charge is -2.31. The zero-order valence-electron chi connectivity index (χ0n) is 21.8. The Labute approximate surface area is 188 Å². The van der Waals surface area contributed by atoms with Crippen LogP contribution in [0.15, 0.2) is 28.1 Å². The molecule has 0 heterocycles. The predicted molar refractivity (Wildman–Crippen MR) is 135 cm³/mol. The van der Waals surface area contributed by atoms with Gasteiger partial charge in [0.25, 0.3) is 0 Å². The van der Waals surface area contributed by atoms with Crippen LogP contribution in [0.1, 0.15) is 83.1 Å². The van der Waals surface area contributed by atoms with Crippen LogP contribution in [0.2, 0.25) is 5.04 Å². The van der Waals surface area contributed by atoms with E-state index in [9.17, 15) is 0 Å². The van der Waals surface area contributed by atoms with Gasteiger partial charge in [0.1, 0.15) is 0 Å². The van der Waals surface area contributed by atoms with E-state index in [1.165, 1.54) is 0 Å². The highest BCUT2D eigenvalue weighted by molar-refractivity contribution is 6.30. The molecule has 0 aromatic rings. The number of allylic oxidation sites excluding steroid dienone is 1. The van der Waals surface area contributed by atoms with Gasteiger partial charge in [-0.15, -0.1) is 6.58 Å². The van der Waals surface area contributed by atoms with Gasteiger partial charge >= 0.3 is 0 Å². The smallest absolute Gasteiger partial charge is 0.0683 e. The van der Waals surface area contributed by atoms with Crippen molar-refractivity contribution in [2.45, 2.75) is 88.1 Å². The highest BCUT2D eigenvalue weighted by Gasteiger charge is 2.31. The van der Waals surface area contributed by atoms with Crippen molar-refractivity contribution in [3.8, 4) is 0 Å². The lowest BCUT2D eigenvalue weighted by molar-refractivity contribution is 0.309. The minimum absolute atomic E-state index is 0.0203. The van der Waals surface area contributed by atoms with Crippen LogP contribution < -0.4 is 0 Å². The Morgan fingerprint density at radius 2 is 0.967 bits per heavy atom. The highest BCUT2D eigenvalue weighted by atomic mass is 28.1. The molecule has 0 saturated heterocycles. The van der Waals surface area contributed by atoms with E-state index in [2.05, 4.69) is 35.9 Å². The first-order chi connectivity index (χ1) is 13.4. The molecule has 0 aromatic heterocycles. The van der Waals surface area contributed by atoms with Crippen molar-refractivity contribution in [1.82, 2.24) is 0 Å². The molecular formula is C23H49N3O3Si. The molecule has 0 atom stereocenters. The summed E-state index contributed by atoms with van der Waals surface area (Å²) >= 11 is 0. The van der Waals surface area contributed by atoms with Gasteiger partial charge in [-0.3, -0.25) is 0 Å². The first-order valence-corrected chi connectivity index (χ1v) is 11.7. The van der Waals surface area contributed by atoms with Crippen LogP contribution >= 0.6 is 0 Å². The van der Waals surface area contributed by atoms with E-state index in [0.29, 0.717) is 23.7 Å². The number of oxime groups is 3. The van der Waals surface area contributed by atoms with Gasteiger partial charge in [0.05, 0.1) is 17.1 Å². The summed E-state index contributed by atoms with van der Waals surface area (Å²) in [5.74, 6) is 1.43. The van der Waals surface area contributed by atoms with Crippen molar-refractivity contribution in [2.24, 2.45) is 44.6 Å². The zero-order valence-corrected chi connectivity index (χ0v) is 23.8. The van der Waals surface area contributed by atoms with E-state index in [1.807, 2.05) is 75.3 Å². The van der Waals surface area contributed by atoms with Gasteiger partial charge < -0.3 is 15.6 Å². The van der Waals surface area contributed by atoms with Crippen LogP contribution in [-0.2, 0) is 0 Å². The third kappa shape index (κ3) is 13.6. The summed E-state index contributed by atoms with van der Waals surface area (Å²) in [5, 5.41) is 35.6. The normalized spacial score (nSPS) is 12.2. The topological polar surface area (TPSA) is 97.8 Å². The quantitative estimate of drug-likeness (QED) is 0.151. The molecule has 0 aliphatic carbocycles. The molecule has 0 aliphatic rings. The highest BCUT2D eigenvalue weighted by Crippen LogP contribution is 2.33. The molecule has 178 valence electrons. The summed E-state index contributed by atoms with van der Waals surface area (Å²) in [6, 6.07) is 0. The number of nitrogens with zero attached hydrogens (tertiary/aromatic N) is 3. The van der Waals surface area contributed by atoms with Crippen molar-refractivity contribution in [1.29, 1.82) is 0 Å². The summed E-state index contributed by atoms with van der Waals surface area (Å²) in [4.78, 5) is 0. The van der Waals surface area contributed by atoms with Crippen molar-refractivity contribution < 1.29 is 15.6 Å². The van der Waals surface area contributed by atoms with Crippen molar-refractivity contribution in [2.75, 3.05) is 0 Å². The second-order valence-electron chi connectivity index (χ2n) is 10.3. The first-order valence-electron chi connectivity index (χ1n) is 10.7. The molecule has 0 rings (SSSR count). The summed E-state index contributed by atoms with van der Waals surface area (Å²) < 4.78 is 0. The minimum atomic E-state index is -0.208. The van der Waals surface area contributed by atoms with Gasteiger partial charge in [0, 0.05) is 15.7 Å². The third-order valence-corrected chi connectivity index (χ3v) is 5.00. The van der Waals surface area contributed by atoms with E-state index in [0.717, 1.165) is 27.4 Å². The van der Waals surface area contributed by atoms with Crippen LogP contribution in [-0.4, -0.2) is 43.0 Å². The summed E-state index contributed by atoms with van der Waals surface area (Å²) in [7, 11) is 0.968. The lowest BCUT2D eigenvalue weighted by atomic mass is 9.81. The second kappa shape index (κ2) is 15.2. The monoisotopic (exact) mass is 443 g/mol. The first kappa shape index (κ1) is 33.0. The van der Waals surface area contributed by atoms with E-state index >= 15 is 0 Å². The molecule has 6 nitrogen and oxygen atoms in total. The molecule has 0 aliphatic heterocycles. The fourth-order valence-corrected chi connectivity index (χ4v) is 3.88. The summed E-state index contributed by atoms with van der Waals surface area (Å²) in [6.45, 7) is 28.1. The third-order valence-electron chi connectivity index (χ3n) is 4.53. The Bertz CT molecular complexity index is 523.